The number of rotatable bonds is 7. The molecule has 30 heavy (non-hydrogen) atoms. The van der Waals surface area contributed by atoms with Crippen LogP contribution in [0.25, 0.3) is 0 Å². The molecule has 0 saturated carbocycles. The monoisotopic (exact) mass is 406 g/mol. The van der Waals surface area contributed by atoms with E-state index in [0.717, 1.165) is 5.56 Å². The molecule has 154 valence electrons. The maximum atomic E-state index is 12.6. The molecule has 0 saturated heterocycles. The smallest absolute Gasteiger partial charge is 0.255 e. The van der Waals surface area contributed by atoms with Crippen LogP contribution in [0.15, 0.2) is 60.7 Å². The van der Waals surface area contributed by atoms with E-state index in [4.69, 9.17) is 19.9 Å². The Morgan fingerprint density at radius 1 is 0.800 bits per heavy atom. The molecule has 0 aliphatic rings. The number of nitrogens with two attached hydrogens (primary N) is 1. The summed E-state index contributed by atoms with van der Waals surface area (Å²) in [5.74, 6) is 1.48. The number of methoxy groups -OCH3 is 2. The van der Waals surface area contributed by atoms with Crippen molar-refractivity contribution >= 4 is 17.5 Å². The number of nitrogens with one attached hydrogen (secondary N) is 1. The van der Waals surface area contributed by atoms with Gasteiger partial charge < -0.3 is 25.3 Å². The van der Waals surface area contributed by atoms with Crippen LogP contribution in [0.4, 0.5) is 5.69 Å². The highest BCUT2D eigenvalue weighted by atomic mass is 16.5. The van der Waals surface area contributed by atoms with Crippen molar-refractivity contribution in [3.63, 3.8) is 0 Å². The van der Waals surface area contributed by atoms with Crippen molar-refractivity contribution in [2.24, 2.45) is 5.73 Å². The van der Waals surface area contributed by atoms with Crippen molar-refractivity contribution in [3.05, 3.63) is 77.4 Å². The fourth-order valence-electron chi connectivity index (χ4n) is 2.81. The minimum atomic E-state index is -0.498. The van der Waals surface area contributed by atoms with Crippen molar-refractivity contribution < 1.29 is 23.8 Å². The maximum Gasteiger partial charge on any atom is 0.255 e. The van der Waals surface area contributed by atoms with Crippen LogP contribution in [0, 0.1) is 6.92 Å². The average molecular weight is 406 g/mol. The number of hydrogen-bond donors (Lipinski definition) is 2. The summed E-state index contributed by atoms with van der Waals surface area (Å²) in [4.78, 5) is 23.7. The average Bonchev–Trinajstić information content (AvgIpc) is 2.75. The summed E-state index contributed by atoms with van der Waals surface area (Å²) < 4.78 is 16.3. The highest BCUT2D eigenvalue weighted by Gasteiger charge is 2.12. The lowest BCUT2D eigenvalue weighted by Gasteiger charge is -2.14. The highest BCUT2D eigenvalue weighted by Crippen LogP contribution is 2.33. The molecule has 0 radical (unpaired) electrons. The van der Waals surface area contributed by atoms with Crippen LogP contribution in [-0.2, 0) is 0 Å². The number of benzene rings is 3. The second-order valence-electron chi connectivity index (χ2n) is 6.49. The molecule has 7 nitrogen and oxygen atoms in total. The standard InChI is InChI=1S/C23H22N2O5/c1-14-12-20(28-2)21(29-3)13-19(14)25-23(27)16-6-10-18(11-7-16)30-17-8-4-15(5-9-17)22(24)26/h4-13H,1-3H3,(H2,24,26)(H,25,27). The van der Waals surface area contributed by atoms with Gasteiger partial charge in [-0.2, -0.15) is 0 Å². The summed E-state index contributed by atoms with van der Waals surface area (Å²) in [6.07, 6.45) is 0. The first-order chi connectivity index (χ1) is 14.4. The Bertz CT molecular complexity index is 1060. The van der Waals surface area contributed by atoms with Gasteiger partial charge in [0.15, 0.2) is 11.5 Å². The Labute approximate surface area is 174 Å². The predicted molar refractivity (Wildman–Crippen MR) is 114 cm³/mol. The number of ether oxygens (including phenoxy) is 3. The number of aryl methyl sites for hydroxylation is 1. The second kappa shape index (κ2) is 9.00. The molecular weight excluding hydrogens is 384 g/mol. The van der Waals surface area contributed by atoms with Crippen molar-refractivity contribution in [2.45, 2.75) is 6.92 Å². The zero-order valence-corrected chi connectivity index (χ0v) is 16.9. The molecule has 0 aliphatic heterocycles. The van der Waals surface area contributed by atoms with Gasteiger partial charge in [-0.3, -0.25) is 9.59 Å². The van der Waals surface area contributed by atoms with E-state index in [2.05, 4.69) is 5.32 Å². The van der Waals surface area contributed by atoms with E-state index in [1.165, 1.54) is 0 Å². The fourth-order valence-corrected chi connectivity index (χ4v) is 2.81. The van der Waals surface area contributed by atoms with Gasteiger partial charge in [0.2, 0.25) is 5.91 Å². The molecule has 0 unspecified atom stereocenters. The Kier molecular flexibility index (Phi) is 6.22. The van der Waals surface area contributed by atoms with Gasteiger partial charge >= 0.3 is 0 Å². The minimum Gasteiger partial charge on any atom is -0.493 e. The van der Waals surface area contributed by atoms with Crippen LogP contribution < -0.4 is 25.3 Å². The predicted octanol–water partition coefficient (Wildman–Crippen LogP) is 4.16. The second-order valence-corrected chi connectivity index (χ2v) is 6.49. The number of amides is 2. The topological polar surface area (TPSA) is 99.9 Å². The molecule has 7 heteroatoms. The van der Waals surface area contributed by atoms with Gasteiger partial charge in [0.25, 0.3) is 5.91 Å². The van der Waals surface area contributed by atoms with Gasteiger partial charge in [0, 0.05) is 22.9 Å². The molecule has 0 heterocycles. The van der Waals surface area contributed by atoms with Crippen molar-refractivity contribution in [2.75, 3.05) is 19.5 Å². The summed E-state index contributed by atoms with van der Waals surface area (Å²) >= 11 is 0. The molecule has 0 aromatic heterocycles. The highest BCUT2D eigenvalue weighted by molar-refractivity contribution is 6.04. The van der Waals surface area contributed by atoms with Gasteiger partial charge in [-0.15, -0.1) is 0 Å². The van der Waals surface area contributed by atoms with Gasteiger partial charge in [-0.1, -0.05) is 0 Å². The number of primary amides is 1. The molecule has 3 N–H and O–H groups in total. The van der Waals surface area contributed by atoms with Gasteiger partial charge in [0.05, 0.1) is 14.2 Å². The van der Waals surface area contributed by atoms with Crippen molar-refractivity contribution in [3.8, 4) is 23.0 Å². The normalized spacial score (nSPS) is 10.2. The summed E-state index contributed by atoms with van der Waals surface area (Å²) in [7, 11) is 3.10. The molecule has 3 aromatic carbocycles. The summed E-state index contributed by atoms with van der Waals surface area (Å²) in [5.41, 5.74) is 7.58. The van der Waals surface area contributed by atoms with E-state index in [9.17, 15) is 9.59 Å². The molecular formula is C23H22N2O5. The van der Waals surface area contributed by atoms with Gasteiger partial charge in [0.1, 0.15) is 11.5 Å². The molecule has 2 amide bonds. The first kappa shape index (κ1) is 20.7. The summed E-state index contributed by atoms with van der Waals surface area (Å²) in [6, 6.07) is 16.7. The van der Waals surface area contributed by atoms with Crippen LogP contribution in [0.3, 0.4) is 0 Å². The quantitative estimate of drug-likeness (QED) is 0.614. The number of hydrogen-bond acceptors (Lipinski definition) is 5. The molecule has 3 rings (SSSR count). The van der Waals surface area contributed by atoms with Crippen molar-refractivity contribution in [1.82, 2.24) is 0 Å². The summed E-state index contributed by atoms with van der Waals surface area (Å²) in [6.45, 7) is 1.87. The molecule has 0 bridgehead atoms. The van der Waals surface area contributed by atoms with Gasteiger partial charge in [-0.05, 0) is 67.1 Å². The first-order valence-corrected chi connectivity index (χ1v) is 9.13. The molecule has 3 aromatic rings. The zero-order valence-electron chi connectivity index (χ0n) is 16.9. The lowest BCUT2D eigenvalue weighted by Crippen LogP contribution is -2.13. The first-order valence-electron chi connectivity index (χ1n) is 9.13. The SMILES string of the molecule is COc1cc(C)c(NC(=O)c2ccc(Oc3ccc(C(N)=O)cc3)cc2)cc1OC. The molecule has 0 fully saturated rings. The van der Waals surface area contributed by atoms with E-state index >= 15 is 0 Å². The van der Waals surface area contributed by atoms with E-state index in [1.54, 1.807) is 74.9 Å². The minimum absolute atomic E-state index is 0.261. The van der Waals surface area contributed by atoms with Crippen LogP contribution in [0.1, 0.15) is 26.3 Å². The number of carbonyl (C=O) groups is 2. The Balaban J connectivity index is 1.70. The maximum absolute atomic E-state index is 12.6. The van der Waals surface area contributed by atoms with Crippen molar-refractivity contribution in [1.29, 1.82) is 0 Å². The fraction of sp³-hybridized carbons (Fsp3) is 0.130. The van der Waals surface area contributed by atoms with Crippen LogP contribution in [-0.4, -0.2) is 26.0 Å². The molecule has 0 spiro atoms. The van der Waals surface area contributed by atoms with Crippen LogP contribution in [0.2, 0.25) is 0 Å². The number of anilines is 1. The molecule has 0 aliphatic carbocycles. The van der Waals surface area contributed by atoms with Gasteiger partial charge in [-0.25, -0.2) is 0 Å². The van der Waals surface area contributed by atoms with Crippen LogP contribution in [0.5, 0.6) is 23.0 Å². The summed E-state index contributed by atoms with van der Waals surface area (Å²) in [5, 5.41) is 2.88. The zero-order chi connectivity index (χ0) is 21.7. The van der Waals surface area contributed by atoms with E-state index in [0.29, 0.717) is 39.8 Å². The van der Waals surface area contributed by atoms with E-state index < -0.39 is 5.91 Å². The third kappa shape index (κ3) is 4.70. The van der Waals surface area contributed by atoms with E-state index in [1.807, 2.05) is 6.92 Å². The third-order valence-electron chi connectivity index (χ3n) is 4.47. The Morgan fingerprint density at radius 2 is 1.30 bits per heavy atom. The lowest BCUT2D eigenvalue weighted by molar-refractivity contribution is 0.0997. The number of carbonyl (C=O) groups excluding carboxylic acids is 2. The third-order valence-corrected chi connectivity index (χ3v) is 4.47. The van der Waals surface area contributed by atoms with Crippen LogP contribution >= 0.6 is 0 Å². The largest absolute Gasteiger partial charge is 0.493 e. The van der Waals surface area contributed by atoms with E-state index in [-0.39, 0.29) is 5.91 Å². The lowest BCUT2D eigenvalue weighted by atomic mass is 10.1. The Morgan fingerprint density at radius 3 is 1.80 bits per heavy atom. The molecule has 0 atom stereocenters. The Hall–Kier alpha value is -4.00.